The van der Waals surface area contributed by atoms with Crippen molar-refractivity contribution < 1.29 is 17.9 Å². The van der Waals surface area contributed by atoms with Gasteiger partial charge in [0.1, 0.15) is 15.6 Å². The van der Waals surface area contributed by atoms with Gasteiger partial charge in [0.15, 0.2) is 0 Å². The molecule has 1 amide bonds. The minimum Gasteiger partial charge on any atom is -0.492 e. The van der Waals surface area contributed by atoms with Crippen molar-refractivity contribution in [2.75, 3.05) is 25.0 Å². The molecule has 0 saturated carbocycles. The van der Waals surface area contributed by atoms with Gasteiger partial charge < -0.3 is 10.1 Å². The molecule has 0 aliphatic carbocycles. The molecule has 4 rings (SSSR count). The highest BCUT2D eigenvalue weighted by molar-refractivity contribution is 7.89. The molecule has 0 spiro atoms. The molecular weight excluding hydrogens is 466 g/mol. The summed E-state index contributed by atoms with van der Waals surface area (Å²) in [5, 5.41) is 7.59. The molecule has 0 radical (unpaired) electrons. The Kier molecular flexibility index (Phi) is 6.94. The Morgan fingerprint density at radius 1 is 1.22 bits per heavy atom. The number of carbonyl (C=O) groups excluding carboxylic acids is 1. The number of thiophene rings is 1. The molecule has 3 aromatic rings. The lowest BCUT2D eigenvalue weighted by molar-refractivity contribution is 0.102. The SMILES string of the molecule is CCOc1ccc(S(=O)(=O)N2CCCCC2)cc1NC(=O)c1sc(-c2ccsc2)nc1C. The maximum atomic E-state index is 13.1. The van der Waals surface area contributed by atoms with Gasteiger partial charge in [-0.05, 0) is 56.3 Å². The van der Waals surface area contributed by atoms with Crippen LogP contribution in [0.4, 0.5) is 5.69 Å². The predicted molar refractivity (Wildman–Crippen MR) is 128 cm³/mol. The monoisotopic (exact) mass is 491 g/mol. The zero-order valence-corrected chi connectivity index (χ0v) is 20.4. The Balaban J connectivity index is 1.63. The lowest BCUT2D eigenvalue weighted by Crippen LogP contribution is -2.35. The van der Waals surface area contributed by atoms with Gasteiger partial charge in [0, 0.05) is 24.0 Å². The third kappa shape index (κ3) is 4.73. The number of nitrogens with zero attached hydrogens (tertiary/aromatic N) is 2. The van der Waals surface area contributed by atoms with Gasteiger partial charge in [-0.15, -0.1) is 11.3 Å². The van der Waals surface area contributed by atoms with Gasteiger partial charge in [-0.2, -0.15) is 15.6 Å². The summed E-state index contributed by atoms with van der Waals surface area (Å²) in [7, 11) is -3.63. The zero-order valence-electron chi connectivity index (χ0n) is 18.0. The van der Waals surface area contributed by atoms with E-state index >= 15 is 0 Å². The summed E-state index contributed by atoms with van der Waals surface area (Å²) in [5.41, 5.74) is 1.94. The van der Waals surface area contributed by atoms with Gasteiger partial charge in [0.2, 0.25) is 10.0 Å². The minimum atomic E-state index is -3.63. The van der Waals surface area contributed by atoms with Crippen molar-refractivity contribution in [1.29, 1.82) is 0 Å². The molecule has 10 heteroatoms. The second-order valence-electron chi connectivity index (χ2n) is 7.46. The number of hydrogen-bond donors (Lipinski definition) is 1. The van der Waals surface area contributed by atoms with Crippen LogP contribution in [0.2, 0.25) is 0 Å². The minimum absolute atomic E-state index is 0.151. The van der Waals surface area contributed by atoms with E-state index in [4.69, 9.17) is 4.74 Å². The number of piperidine rings is 1. The van der Waals surface area contributed by atoms with Crippen LogP contribution in [-0.4, -0.2) is 43.3 Å². The first-order chi connectivity index (χ1) is 15.4. The molecule has 0 bridgehead atoms. The first-order valence-electron chi connectivity index (χ1n) is 10.5. The number of aryl methyl sites for hydroxylation is 1. The van der Waals surface area contributed by atoms with Crippen molar-refractivity contribution >= 4 is 44.3 Å². The number of anilines is 1. The van der Waals surface area contributed by atoms with Crippen LogP contribution in [0.15, 0.2) is 39.9 Å². The third-order valence-corrected chi connectivity index (χ3v) is 9.01. The maximum absolute atomic E-state index is 13.1. The first kappa shape index (κ1) is 22.9. The van der Waals surface area contributed by atoms with Gasteiger partial charge in [0.25, 0.3) is 5.91 Å². The summed E-state index contributed by atoms with van der Waals surface area (Å²) >= 11 is 2.88. The normalized spacial score (nSPS) is 14.9. The molecule has 1 fully saturated rings. The molecule has 0 unspecified atom stereocenters. The van der Waals surface area contributed by atoms with E-state index in [9.17, 15) is 13.2 Å². The fourth-order valence-corrected chi connectivity index (χ4v) is 6.82. The fraction of sp³-hybridized carbons (Fsp3) is 0.364. The molecular formula is C22H25N3O4S3. The van der Waals surface area contributed by atoms with Crippen molar-refractivity contribution in [2.45, 2.75) is 38.0 Å². The number of ether oxygens (including phenoxy) is 1. The second-order valence-corrected chi connectivity index (χ2v) is 11.2. The molecule has 1 aliphatic rings. The topological polar surface area (TPSA) is 88.6 Å². The van der Waals surface area contributed by atoms with Crippen LogP contribution in [0, 0.1) is 6.92 Å². The summed E-state index contributed by atoms with van der Waals surface area (Å²) in [5.74, 6) is 0.0913. The quantitative estimate of drug-likeness (QED) is 0.502. The average Bonchev–Trinajstić information content (AvgIpc) is 3.45. The van der Waals surface area contributed by atoms with Crippen molar-refractivity contribution in [3.63, 3.8) is 0 Å². The van der Waals surface area contributed by atoms with Crippen LogP contribution in [0.5, 0.6) is 5.75 Å². The van der Waals surface area contributed by atoms with Gasteiger partial charge in [0.05, 0.1) is 22.9 Å². The molecule has 1 N–H and O–H groups in total. The van der Waals surface area contributed by atoms with Crippen LogP contribution in [0.25, 0.3) is 10.6 Å². The number of benzene rings is 1. The van der Waals surface area contributed by atoms with Gasteiger partial charge in [-0.25, -0.2) is 13.4 Å². The van der Waals surface area contributed by atoms with E-state index in [1.165, 1.54) is 27.8 Å². The van der Waals surface area contributed by atoms with Crippen molar-refractivity contribution in [2.24, 2.45) is 0 Å². The lowest BCUT2D eigenvalue weighted by atomic mass is 10.2. The Bertz CT molecular complexity index is 1200. The van der Waals surface area contributed by atoms with Crippen LogP contribution in [-0.2, 0) is 10.0 Å². The van der Waals surface area contributed by atoms with Gasteiger partial charge in [-0.3, -0.25) is 4.79 Å². The van der Waals surface area contributed by atoms with Crippen molar-refractivity contribution in [1.82, 2.24) is 9.29 Å². The molecule has 7 nitrogen and oxygen atoms in total. The van der Waals surface area contributed by atoms with E-state index < -0.39 is 10.0 Å². The van der Waals surface area contributed by atoms with E-state index in [1.807, 2.05) is 23.8 Å². The molecule has 32 heavy (non-hydrogen) atoms. The lowest BCUT2D eigenvalue weighted by Gasteiger charge is -2.26. The van der Waals surface area contributed by atoms with Crippen LogP contribution in [0.1, 0.15) is 41.6 Å². The average molecular weight is 492 g/mol. The highest BCUT2D eigenvalue weighted by Gasteiger charge is 2.27. The largest absolute Gasteiger partial charge is 0.492 e. The number of hydrogen-bond acceptors (Lipinski definition) is 7. The van der Waals surface area contributed by atoms with Gasteiger partial charge in [-0.1, -0.05) is 6.42 Å². The summed E-state index contributed by atoms with van der Waals surface area (Å²) < 4.78 is 33.4. The van der Waals surface area contributed by atoms with Crippen LogP contribution < -0.4 is 10.1 Å². The maximum Gasteiger partial charge on any atom is 0.267 e. The molecule has 2 aromatic heterocycles. The summed E-state index contributed by atoms with van der Waals surface area (Å²) in [6, 6.07) is 6.60. The molecule has 0 atom stereocenters. The number of thiazole rings is 1. The number of carbonyl (C=O) groups is 1. The standard InChI is InChI=1S/C22H25N3O4S3/c1-3-29-19-8-7-17(32(27,28)25-10-5-4-6-11-25)13-18(19)24-21(26)20-15(2)23-22(31-20)16-9-12-30-14-16/h7-9,12-14H,3-6,10-11H2,1-2H3,(H,24,26). The van der Waals surface area contributed by atoms with Crippen LogP contribution >= 0.6 is 22.7 Å². The molecule has 170 valence electrons. The van der Waals surface area contributed by atoms with E-state index in [-0.39, 0.29) is 10.8 Å². The Hall–Kier alpha value is -2.27. The second kappa shape index (κ2) is 9.70. The molecule has 1 saturated heterocycles. The summed E-state index contributed by atoms with van der Waals surface area (Å²) in [6.45, 7) is 5.06. The van der Waals surface area contributed by atoms with Crippen molar-refractivity contribution in [3.8, 4) is 16.3 Å². The molecule has 3 heterocycles. The third-order valence-electron chi connectivity index (χ3n) is 5.22. The highest BCUT2D eigenvalue weighted by atomic mass is 32.2. The van der Waals surface area contributed by atoms with Crippen molar-refractivity contribution in [3.05, 3.63) is 45.6 Å². The predicted octanol–water partition coefficient (Wildman–Crippen LogP) is 5.01. The Morgan fingerprint density at radius 3 is 2.69 bits per heavy atom. The molecule has 1 aliphatic heterocycles. The van der Waals surface area contributed by atoms with Gasteiger partial charge >= 0.3 is 0 Å². The Labute approximate surface area is 196 Å². The highest BCUT2D eigenvalue weighted by Crippen LogP contribution is 2.33. The fourth-order valence-electron chi connectivity index (χ4n) is 3.60. The smallest absolute Gasteiger partial charge is 0.267 e. The molecule has 1 aromatic carbocycles. The number of aromatic nitrogens is 1. The van der Waals surface area contributed by atoms with E-state index in [0.29, 0.717) is 41.7 Å². The number of nitrogens with one attached hydrogen (secondary N) is 1. The number of amides is 1. The Morgan fingerprint density at radius 2 is 2.00 bits per heavy atom. The summed E-state index contributed by atoms with van der Waals surface area (Å²) in [4.78, 5) is 18.2. The summed E-state index contributed by atoms with van der Waals surface area (Å²) in [6.07, 6.45) is 2.76. The van der Waals surface area contributed by atoms with E-state index in [0.717, 1.165) is 29.8 Å². The van der Waals surface area contributed by atoms with Crippen LogP contribution in [0.3, 0.4) is 0 Å². The first-order valence-corrected chi connectivity index (χ1v) is 13.7. The number of sulfonamides is 1. The number of rotatable bonds is 7. The van der Waals surface area contributed by atoms with E-state index in [1.54, 1.807) is 24.3 Å². The van der Waals surface area contributed by atoms with E-state index in [2.05, 4.69) is 10.3 Å². The zero-order chi connectivity index (χ0) is 22.7.